The van der Waals surface area contributed by atoms with E-state index in [0.29, 0.717) is 11.6 Å². The molecule has 2 aliphatic rings. The maximum absolute atomic E-state index is 12.3. The number of carbonyl (C=O) groups is 1. The molecular weight excluding hydrogens is 264 g/mol. The van der Waals surface area contributed by atoms with Gasteiger partial charge in [0.1, 0.15) is 5.76 Å². The van der Waals surface area contributed by atoms with Crippen LogP contribution in [0.1, 0.15) is 65.0 Å². The van der Waals surface area contributed by atoms with Crippen LogP contribution in [-0.2, 0) is 6.42 Å². The number of nitrogens with zero attached hydrogens (tertiary/aromatic N) is 1. The van der Waals surface area contributed by atoms with Gasteiger partial charge < -0.3 is 9.84 Å². The van der Waals surface area contributed by atoms with Crippen molar-refractivity contribution in [2.75, 3.05) is 0 Å². The molecule has 0 aliphatic heterocycles. The highest BCUT2D eigenvalue weighted by atomic mass is 16.5. The van der Waals surface area contributed by atoms with Crippen LogP contribution in [0.5, 0.6) is 0 Å². The Bertz CT molecular complexity index is 673. The fourth-order valence-electron chi connectivity index (χ4n) is 3.09. The van der Waals surface area contributed by atoms with Crippen LogP contribution in [0.2, 0.25) is 0 Å². The monoisotopic (exact) mass is 282 g/mol. The predicted octanol–water partition coefficient (Wildman–Crippen LogP) is 3.36. The Balaban J connectivity index is 1.51. The van der Waals surface area contributed by atoms with Crippen molar-refractivity contribution in [1.82, 2.24) is 10.5 Å². The number of aryl methyl sites for hydroxylation is 1. The van der Waals surface area contributed by atoms with Gasteiger partial charge >= 0.3 is 0 Å². The smallest absolute Gasteiger partial charge is 0.273 e. The van der Waals surface area contributed by atoms with Crippen LogP contribution >= 0.6 is 0 Å². The standard InChI is InChI=1S/C17H18N2O2/c20-17(15-10-16(21-19-15)12-8-9-12)18-14-7-3-5-11-4-1-2-6-13(11)14/h1-2,4,6,10,12,14H,3,5,7-9H2,(H,18,20). The second-order valence-electron chi connectivity index (χ2n) is 6.01. The molecule has 4 rings (SSSR count). The van der Waals surface area contributed by atoms with Gasteiger partial charge in [0.2, 0.25) is 0 Å². The van der Waals surface area contributed by atoms with Crippen LogP contribution in [-0.4, -0.2) is 11.1 Å². The van der Waals surface area contributed by atoms with E-state index in [4.69, 9.17) is 4.52 Å². The van der Waals surface area contributed by atoms with Crippen molar-refractivity contribution < 1.29 is 9.32 Å². The summed E-state index contributed by atoms with van der Waals surface area (Å²) in [7, 11) is 0. The average molecular weight is 282 g/mol. The highest BCUT2D eigenvalue weighted by Crippen LogP contribution is 2.40. The lowest BCUT2D eigenvalue weighted by Gasteiger charge is -2.25. The van der Waals surface area contributed by atoms with Gasteiger partial charge in [-0.2, -0.15) is 0 Å². The zero-order valence-corrected chi connectivity index (χ0v) is 11.8. The van der Waals surface area contributed by atoms with Gasteiger partial charge in [0.25, 0.3) is 5.91 Å². The molecular formula is C17H18N2O2. The second kappa shape index (κ2) is 5.02. The van der Waals surface area contributed by atoms with E-state index in [0.717, 1.165) is 37.9 Å². The maximum Gasteiger partial charge on any atom is 0.273 e. The summed E-state index contributed by atoms with van der Waals surface area (Å²) in [5.74, 6) is 1.20. The summed E-state index contributed by atoms with van der Waals surface area (Å²) in [5.41, 5.74) is 2.98. The van der Waals surface area contributed by atoms with Gasteiger partial charge in [0.15, 0.2) is 5.69 Å². The molecule has 108 valence electrons. The number of nitrogens with one attached hydrogen (secondary N) is 1. The van der Waals surface area contributed by atoms with Crippen molar-refractivity contribution in [2.24, 2.45) is 0 Å². The molecule has 2 aliphatic carbocycles. The molecule has 0 bridgehead atoms. The molecule has 1 atom stereocenters. The molecule has 1 saturated carbocycles. The van der Waals surface area contributed by atoms with Gasteiger partial charge in [0, 0.05) is 12.0 Å². The summed E-state index contributed by atoms with van der Waals surface area (Å²) in [6, 6.07) is 10.2. The number of amides is 1. The summed E-state index contributed by atoms with van der Waals surface area (Å²) in [6.45, 7) is 0. The molecule has 1 unspecified atom stereocenters. The fourth-order valence-corrected chi connectivity index (χ4v) is 3.09. The van der Waals surface area contributed by atoms with E-state index < -0.39 is 0 Å². The van der Waals surface area contributed by atoms with Crippen molar-refractivity contribution in [3.05, 3.63) is 52.9 Å². The Morgan fingerprint density at radius 1 is 1.24 bits per heavy atom. The summed E-state index contributed by atoms with van der Waals surface area (Å²) in [6.07, 6.45) is 5.47. The number of hydrogen-bond acceptors (Lipinski definition) is 3. The molecule has 0 radical (unpaired) electrons. The molecule has 1 aromatic heterocycles. The lowest BCUT2D eigenvalue weighted by Crippen LogP contribution is -2.31. The van der Waals surface area contributed by atoms with Crippen molar-refractivity contribution >= 4 is 5.91 Å². The quantitative estimate of drug-likeness (QED) is 0.939. The van der Waals surface area contributed by atoms with Crippen molar-refractivity contribution in [2.45, 2.75) is 44.1 Å². The van der Waals surface area contributed by atoms with Crippen molar-refractivity contribution in [3.63, 3.8) is 0 Å². The largest absolute Gasteiger partial charge is 0.360 e. The average Bonchev–Trinajstić information content (AvgIpc) is 3.25. The summed E-state index contributed by atoms with van der Waals surface area (Å²) >= 11 is 0. The van der Waals surface area contributed by atoms with Crippen LogP contribution in [0.15, 0.2) is 34.9 Å². The molecule has 2 aromatic rings. The molecule has 1 N–H and O–H groups in total. The lowest BCUT2D eigenvalue weighted by molar-refractivity contribution is 0.0923. The van der Waals surface area contributed by atoms with Crippen LogP contribution in [0.3, 0.4) is 0 Å². The van der Waals surface area contributed by atoms with Gasteiger partial charge in [-0.1, -0.05) is 29.4 Å². The highest BCUT2D eigenvalue weighted by molar-refractivity contribution is 5.92. The summed E-state index contributed by atoms with van der Waals surface area (Å²) in [5, 5.41) is 7.01. The Morgan fingerprint density at radius 2 is 2.10 bits per heavy atom. The molecule has 0 saturated heterocycles. The third kappa shape index (κ3) is 2.46. The first-order valence-corrected chi connectivity index (χ1v) is 7.66. The zero-order chi connectivity index (χ0) is 14.2. The SMILES string of the molecule is O=C(NC1CCCc2ccccc21)c1cc(C2CC2)on1. The minimum absolute atomic E-state index is 0.0866. The second-order valence-corrected chi connectivity index (χ2v) is 6.01. The zero-order valence-electron chi connectivity index (χ0n) is 11.8. The highest BCUT2D eigenvalue weighted by Gasteiger charge is 2.29. The number of carbonyl (C=O) groups excluding carboxylic acids is 1. The topological polar surface area (TPSA) is 55.1 Å². The van der Waals surface area contributed by atoms with E-state index >= 15 is 0 Å². The van der Waals surface area contributed by atoms with E-state index in [1.807, 2.05) is 6.07 Å². The van der Waals surface area contributed by atoms with Crippen molar-refractivity contribution in [1.29, 1.82) is 0 Å². The number of rotatable bonds is 3. The predicted molar refractivity (Wildman–Crippen MR) is 78.1 cm³/mol. The summed E-state index contributed by atoms with van der Waals surface area (Å²) < 4.78 is 5.26. The first kappa shape index (κ1) is 12.6. The lowest BCUT2D eigenvalue weighted by atomic mass is 9.87. The molecule has 4 heteroatoms. The maximum atomic E-state index is 12.3. The first-order chi connectivity index (χ1) is 10.3. The number of fused-ring (bicyclic) bond motifs is 1. The van der Waals surface area contributed by atoms with Gasteiger partial charge in [0.05, 0.1) is 6.04 Å². The minimum atomic E-state index is -0.132. The minimum Gasteiger partial charge on any atom is -0.360 e. The van der Waals surface area contributed by atoms with Gasteiger partial charge in [-0.3, -0.25) is 4.79 Å². The summed E-state index contributed by atoms with van der Waals surface area (Å²) in [4.78, 5) is 12.3. The number of benzene rings is 1. The molecule has 21 heavy (non-hydrogen) atoms. The molecule has 1 amide bonds. The molecule has 1 fully saturated rings. The van der Waals surface area contributed by atoms with Crippen LogP contribution in [0.25, 0.3) is 0 Å². The van der Waals surface area contributed by atoms with E-state index in [9.17, 15) is 4.79 Å². The van der Waals surface area contributed by atoms with Gasteiger partial charge in [-0.05, 0) is 43.2 Å². The first-order valence-electron chi connectivity index (χ1n) is 7.66. The fraction of sp³-hybridized carbons (Fsp3) is 0.412. The molecule has 1 heterocycles. The molecule has 1 aromatic carbocycles. The van der Waals surface area contributed by atoms with E-state index in [2.05, 4.69) is 28.7 Å². The Labute approximate surface area is 123 Å². The van der Waals surface area contributed by atoms with Gasteiger partial charge in [-0.15, -0.1) is 0 Å². The normalized spacial score (nSPS) is 20.9. The van der Waals surface area contributed by atoms with E-state index in [1.165, 1.54) is 11.1 Å². The third-order valence-corrected chi connectivity index (χ3v) is 4.42. The Morgan fingerprint density at radius 3 is 2.95 bits per heavy atom. The number of aromatic nitrogens is 1. The van der Waals surface area contributed by atoms with Crippen LogP contribution in [0.4, 0.5) is 0 Å². The Kier molecular flexibility index (Phi) is 3.02. The van der Waals surface area contributed by atoms with E-state index in [-0.39, 0.29) is 11.9 Å². The third-order valence-electron chi connectivity index (χ3n) is 4.42. The number of hydrogen-bond donors (Lipinski definition) is 1. The van der Waals surface area contributed by atoms with Crippen molar-refractivity contribution in [3.8, 4) is 0 Å². The molecule has 4 nitrogen and oxygen atoms in total. The van der Waals surface area contributed by atoms with E-state index in [1.54, 1.807) is 6.07 Å². The Hall–Kier alpha value is -2.10. The van der Waals surface area contributed by atoms with Crippen LogP contribution in [0, 0.1) is 0 Å². The van der Waals surface area contributed by atoms with Gasteiger partial charge in [-0.25, -0.2) is 0 Å². The molecule has 0 spiro atoms. The van der Waals surface area contributed by atoms with Crippen LogP contribution < -0.4 is 5.32 Å².